The van der Waals surface area contributed by atoms with Crippen LogP contribution in [0, 0.1) is 18.3 Å². The van der Waals surface area contributed by atoms with Crippen LogP contribution in [0.3, 0.4) is 0 Å². The van der Waals surface area contributed by atoms with Gasteiger partial charge >= 0.3 is 0 Å². The SMILES string of the molecule is Cc1nc(-c2coc3ccccc23)c(C#N)s1. The quantitative estimate of drug-likeness (QED) is 0.651. The molecular formula is C13H8N2OS. The van der Waals surface area contributed by atoms with Crippen LogP contribution in [0.25, 0.3) is 22.2 Å². The second-order valence-electron chi connectivity index (χ2n) is 3.67. The van der Waals surface area contributed by atoms with Crippen molar-refractivity contribution in [3.63, 3.8) is 0 Å². The summed E-state index contributed by atoms with van der Waals surface area (Å²) in [6.07, 6.45) is 1.67. The van der Waals surface area contributed by atoms with Crippen molar-refractivity contribution in [1.29, 1.82) is 5.26 Å². The molecule has 82 valence electrons. The summed E-state index contributed by atoms with van der Waals surface area (Å²) in [4.78, 5) is 5.04. The van der Waals surface area contributed by atoms with Crippen molar-refractivity contribution in [2.24, 2.45) is 0 Å². The lowest BCUT2D eigenvalue weighted by atomic mass is 10.1. The number of hydrogen-bond donors (Lipinski definition) is 0. The third-order valence-corrected chi connectivity index (χ3v) is 3.45. The van der Waals surface area contributed by atoms with Crippen LogP contribution in [0.1, 0.15) is 9.88 Å². The van der Waals surface area contributed by atoms with Gasteiger partial charge in [-0.3, -0.25) is 0 Å². The van der Waals surface area contributed by atoms with Gasteiger partial charge in [0.15, 0.2) is 0 Å². The molecule has 0 radical (unpaired) electrons. The van der Waals surface area contributed by atoms with Gasteiger partial charge in [0.2, 0.25) is 0 Å². The molecule has 4 heteroatoms. The molecule has 3 aromatic rings. The minimum absolute atomic E-state index is 0.633. The van der Waals surface area contributed by atoms with Crippen molar-refractivity contribution < 1.29 is 4.42 Å². The molecule has 1 aromatic carbocycles. The smallest absolute Gasteiger partial charge is 0.134 e. The largest absolute Gasteiger partial charge is 0.464 e. The lowest BCUT2D eigenvalue weighted by Gasteiger charge is -1.92. The van der Waals surface area contributed by atoms with Gasteiger partial charge in [-0.05, 0) is 13.0 Å². The van der Waals surface area contributed by atoms with Crippen LogP contribution >= 0.6 is 11.3 Å². The van der Waals surface area contributed by atoms with E-state index in [9.17, 15) is 0 Å². The Hall–Kier alpha value is -2.12. The van der Waals surface area contributed by atoms with Gasteiger partial charge in [-0.25, -0.2) is 4.98 Å². The average Bonchev–Trinajstić information content (AvgIpc) is 2.91. The maximum absolute atomic E-state index is 9.09. The summed E-state index contributed by atoms with van der Waals surface area (Å²) < 4.78 is 5.47. The number of hydrogen-bond acceptors (Lipinski definition) is 4. The van der Waals surface area contributed by atoms with Crippen LogP contribution in [0.4, 0.5) is 0 Å². The molecule has 0 amide bonds. The zero-order valence-electron chi connectivity index (χ0n) is 9.10. The number of nitriles is 1. The maximum Gasteiger partial charge on any atom is 0.134 e. The highest BCUT2D eigenvalue weighted by Crippen LogP contribution is 2.33. The summed E-state index contributed by atoms with van der Waals surface area (Å²) in [5.41, 5.74) is 2.43. The predicted molar refractivity (Wildman–Crippen MR) is 66.8 cm³/mol. The molecule has 2 aromatic heterocycles. The van der Waals surface area contributed by atoms with E-state index >= 15 is 0 Å². The number of para-hydroxylation sites is 1. The fourth-order valence-corrected chi connectivity index (χ4v) is 2.58. The standard InChI is InChI=1S/C13H8N2OS/c1-8-15-13(12(6-14)17-8)10-7-16-11-5-3-2-4-9(10)11/h2-5,7H,1H3. The molecule has 0 aliphatic carbocycles. The molecule has 0 fully saturated rings. The molecule has 3 nitrogen and oxygen atoms in total. The molecule has 2 heterocycles. The van der Waals surface area contributed by atoms with Crippen molar-refractivity contribution in [3.8, 4) is 17.3 Å². The van der Waals surface area contributed by atoms with Gasteiger partial charge in [0, 0.05) is 10.9 Å². The van der Waals surface area contributed by atoms with Crippen LogP contribution in [0.2, 0.25) is 0 Å². The van der Waals surface area contributed by atoms with E-state index in [-0.39, 0.29) is 0 Å². The van der Waals surface area contributed by atoms with Crippen molar-refractivity contribution in [2.45, 2.75) is 6.92 Å². The van der Waals surface area contributed by atoms with Gasteiger partial charge in [-0.2, -0.15) is 5.26 Å². The van der Waals surface area contributed by atoms with E-state index in [4.69, 9.17) is 9.68 Å². The molecule has 0 bridgehead atoms. The fraction of sp³-hybridized carbons (Fsp3) is 0.0769. The first-order valence-corrected chi connectivity index (χ1v) is 5.95. The van der Waals surface area contributed by atoms with E-state index < -0.39 is 0 Å². The Morgan fingerprint density at radius 2 is 2.18 bits per heavy atom. The van der Waals surface area contributed by atoms with E-state index in [1.807, 2.05) is 31.2 Å². The van der Waals surface area contributed by atoms with Crippen LogP contribution in [0.5, 0.6) is 0 Å². The molecule has 0 saturated carbocycles. The van der Waals surface area contributed by atoms with E-state index in [2.05, 4.69) is 11.1 Å². The molecule has 0 saturated heterocycles. The highest BCUT2D eigenvalue weighted by Gasteiger charge is 2.15. The number of benzene rings is 1. The number of nitrogens with zero attached hydrogens (tertiary/aromatic N) is 2. The van der Waals surface area contributed by atoms with Crippen LogP contribution in [0.15, 0.2) is 34.9 Å². The van der Waals surface area contributed by atoms with Gasteiger partial charge < -0.3 is 4.42 Å². The second-order valence-corrected chi connectivity index (χ2v) is 4.87. The first-order valence-electron chi connectivity index (χ1n) is 5.13. The molecular weight excluding hydrogens is 232 g/mol. The molecule has 0 aliphatic heterocycles. The highest BCUT2D eigenvalue weighted by atomic mass is 32.1. The van der Waals surface area contributed by atoms with E-state index in [0.29, 0.717) is 4.88 Å². The molecule has 0 N–H and O–H groups in total. The maximum atomic E-state index is 9.09. The van der Waals surface area contributed by atoms with Crippen LogP contribution in [-0.2, 0) is 0 Å². The minimum Gasteiger partial charge on any atom is -0.464 e. The molecule has 0 aliphatic rings. The third kappa shape index (κ3) is 1.52. The predicted octanol–water partition coefficient (Wildman–Crippen LogP) is 3.74. The number of rotatable bonds is 1. The normalized spacial score (nSPS) is 10.6. The lowest BCUT2D eigenvalue weighted by molar-refractivity contribution is 0.617. The molecule has 17 heavy (non-hydrogen) atoms. The Balaban J connectivity index is 2.31. The van der Waals surface area contributed by atoms with E-state index in [1.165, 1.54) is 11.3 Å². The highest BCUT2D eigenvalue weighted by molar-refractivity contribution is 7.12. The first kappa shape index (κ1) is 10.1. The Morgan fingerprint density at radius 1 is 1.35 bits per heavy atom. The van der Waals surface area contributed by atoms with Crippen molar-refractivity contribution in [3.05, 3.63) is 40.4 Å². The van der Waals surface area contributed by atoms with Gasteiger partial charge in [-0.1, -0.05) is 18.2 Å². The second kappa shape index (κ2) is 3.72. The van der Waals surface area contributed by atoms with Crippen LogP contribution in [-0.4, -0.2) is 4.98 Å². The zero-order valence-corrected chi connectivity index (χ0v) is 9.91. The van der Waals surface area contributed by atoms with Gasteiger partial charge in [0.05, 0.1) is 5.01 Å². The molecule has 0 spiro atoms. The van der Waals surface area contributed by atoms with E-state index in [0.717, 1.165) is 27.2 Å². The van der Waals surface area contributed by atoms with Crippen molar-refractivity contribution in [1.82, 2.24) is 4.98 Å². The number of thiazole rings is 1. The number of fused-ring (bicyclic) bond motifs is 1. The summed E-state index contributed by atoms with van der Waals surface area (Å²) in [5.74, 6) is 0. The average molecular weight is 240 g/mol. The summed E-state index contributed by atoms with van der Waals surface area (Å²) >= 11 is 1.41. The van der Waals surface area contributed by atoms with Gasteiger partial charge in [0.1, 0.15) is 28.5 Å². The monoisotopic (exact) mass is 240 g/mol. The summed E-state index contributed by atoms with van der Waals surface area (Å²) in [5, 5.41) is 11.0. The minimum atomic E-state index is 0.633. The number of aromatic nitrogens is 1. The fourth-order valence-electron chi connectivity index (χ4n) is 1.85. The summed E-state index contributed by atoms with van der Waals surface area (Å²) in [7, 11) is 0. The summed E-state index contributed by atoms with van der Waals surface area (Å²) in [6, 6.07) is 9.94. The molecule has 0 unspecified atom stereocenters. The molecule has 3 rings (SSSR count). The Kier molecular flexibility index (Phi) is 2.20. The number of furan rings is 1. The third-order valence-electron chi connectivity index (χ3n) is 2.57. The van der Waals surface area contributed by atoms with E-state index in [1.54, 1.807) is 6.26 Å². The Bertz CT molecular complexity index is 733. The number of aryl methyl sites for hydroxylation is 1. The first-order chi connectivity index (χ1) is 8.29. The molecule has 0 atom stereocenters. The van der Waals surface area contributed by atoms with Crippen LogP contribution < -0.4 is 0 Å². The van der Waals surface area contributed by atoms with Gasteiger partial charge in [0.25, 0.3) is 0 Å². The topological polar surface area (TPSA) is 49.8 Å². The Labute approximate surface area is 102 Å². The van der Waals surface area contributed by atoms with Crippen molar-refractivity contribution in [2.75, 3.05) is 0 Å². The van der Waals surface area contributed by atoms with Gasteiger partial charge in [-0.15, -0.1) is 11.3 Å². The lowest BCUT2D eigenvalue weighted by Crippen LogP contribution is -1.79. The zero-order chi connectivity index (χ0) is 11.8. The van der Waals surface area contributed by atoms with Crippen molar-refractivity contribution >= 4 is 22.3 Å². The Morgan fingerprint density at radius 3 is 3.00 bits per heavy atom. The summed E-state index contributed by atoms with van der Waals surface area (Å²) in [6.45, 7) is 1.90.